The Kier molecular flexibility index (Phi) is 2.63. The highest BCUT2D eigenvalue weighted by Crippen LogP contribution is 2.25. The Balaban J connectivity index is 3.21. The Morgan fingerprint density at radius 3 is 1.83 bits per heavy atom. The van der Waals surface area contributed by atoms with Gasteiger partial charge in [0.1, 0.15) is 0 Å². The quantitative estimate of drug-likeness (QED) is 0.647. The van der Waals surface area contributed by atoms with Gasteiger partial charge >= 0.3 is 0 Å². The van der Waals surface area contributed by atoms with E-state index in [9.17, 15) is 0 Å². The van der Waals surface area contributed by atoms with Crippen LogP contribution < -0.4 is 4.90 Å². The third-order valence-corrected chi connectivity index (χ3v) is 2.53. The molecular weight excluding hydrogens is 170 g/mol. The predicted octanol–water partition coefficient (Wildman–Crippen LogP) is 3.02. The molecule has 0 unspecified atom stereocenters. The summed E-state index contributed by atoms with van der Waals surface area (Å²) in [6, 6.07) is 4.19. The number of benzene rings is 1. The van der Waals surface area contributed by atoms with Gasteiger partial charge in [0, 0.05) is 24.8 Å². The van der Waals surface area contributed by atoms with Crippen LogP contribution in [0.2, 0.25) is 5.02 Å². The fraction of sp³-hybridized carbons (Fsp3) is 0.400. The molecule has 0 aliphatic heterocycles. The van der Waals surface area contributed by atoms with Gasteiger partial charge in [-0.05, 0) is 37.1 Å². The zero-order valence-electron chi connectivity index (χ0n) is 7.98. The summed E-state index contributed by atoms with van der Waals surface area (Å²) in [6.07, 6.45) is 0. The zero-order chi connectivity index (χ0) is 9.30. The molecule has 1 nitrogen and oxygen atoms in total. The van der Waals surface area contributed by atoms with Crippen LogP contribution in [-0.2, 0) is 0 Å². The summed E-state index contributed by atoms with van der Waals surface area (Å²) in [7, 11) is 4.06. The topological polar surface area (TPSA) is 3.24 Å². The van der Waals surface area contributed by atoms with Crippen LogP contribution in [0.3, 0.4) is 0 Å². The molecule has 0 radical (unpaired) electrons. The molecule has 12 heavy (non-hydrogen) atoms. The lowest BCUT2D eigenvalue weighted by Gasteiger charge is -2.15. The molecule has 2 heteroatoms. The van der Waals surface area contributed by atoms with Crippen LogP contribution in [0.25, 0.3) is 0 Å². The molecule has 0 spiro atoms. The van der Waals surface area contributed by atoms with Crippen molar-refractivity contribution in [1.82, 2.24) is 0 Å². The summed E-state index contributed by atoms with van der Waals surface area (Å²) in [5.74, 6) is 0. The van der Waals surface area contributed by atoms with Gasteiger partial charge in [0.15, 0.2) is 0 Å². The van der Waals surface area contributed by atoms with Gasteiger partial charge in [0.2, 0.25) is 0 Å². The van der Waals surface area contributed by atoms with Crippen molar-refractivity contribution in [3.05, 3.63) is 28.3 Å². The first-order valence-corrected chi connectivity index (χ1v) is 4.34. The third-order valence-electron chi connectivity index (χ3n) is 1.94. The summed E-state index contributed by atoms with van der Waals surface area (Å²) in [5, 5.41) is 0.876. The lowest BCUT2D eigenvalue weighted by atomic mass is 10.1. The molecule has 0 aromatic heterocycles. The molecule has 0 amide bonds. The number of nitrogens with zero attached hydrogens (tertiary/aromatic N) is 1. The van der Waals surface area contributed by atoms with Crippen molar-refractivity contribution < 1.29 is 0 Å². The molecule has 0 atom stereocenters. The summed E-state index contributed by atoms with van der Waals surface area (Å²) in [5.41, 5.74) is 3.48. The molecule has 1 aromatic rings. The maximum absolute atomic E-state index is 6.04. The Hall–Kier alpha value is -0.690. The normalized spacial score (nSPS) is 10.1. The van der Waals surface area contributed by atoms with Crippen LogP contribution in [0.4, 0.5) is 5.69 Å². The second-order valence-corrected chi connectivity index (χ2v) is 3.67. The van der Waals surface area contributed by atoms with Crippen molar-refractivity contribution in [2.45, 2.75) is 13.8 Å². The van der Waals surface area contributed by atoms with Gasteiger partial charge in [-0.25, -0.2) is 0 Å². The molecule has 0 bridgehead atoms. The van der Waals surface area contributed by atoms with Crippen LogP contribution in [0, 0.1) is 13.8 Å². The second kappa shape index (κ2) is 3.36. The van der Waals surface area contributed by atoms with Crippen LogP contribution in [-0.4, -0.2) is 14.1 Å². The first-order chi connectivity index (χ1) is 5.52. The van der Waals surface area contributed by atoms with Crippen molar-refractivity contribution in [3.63, 3.8) is 0 Å². The molecule has 0 heterocycles. The highest BCUT2D eigenvalue weighted by molar-refractivity contribution is 6.32. The lowest BCUT2D eigenvalue weighted by Crippen LogP contribution is -2.09. The molecule has 0 aliphatic carbocycles. The van der Waals surface area contributed by atoms with Crippen LogP contribution in [0.5, 0.6) is 0 Å². The average Bonchev–Trinajstić information content (AvgIpc) is 1.99. The van der Waals surface area contributed by atoms with E-state index in [0.717, 1.165) is 16.1 Å². The summed E-state index contributed by atoms with van der Waals surface area (Å²) < 4.78 is 0. The minimum Gasteiger partial charge on any atom is -0.378 e. The van der Waals surface area contributed by atoms with Gasteiger partial charge in [-0.2, -0.15) is 0 Å². The van der Waals surface area contributed by atoms with Gasteiger partial charge in [-0.1, -0.05) is 11.6 Å². The molecule has 1 rings (SSSR count). The number of hydrogen-bond acceptors (Lipinski definition) is 1. The van der Waals surface area contributed by atoms with Crippen molar-refractivity contribution >= 4 is 17.3 Å². The standard InChI is InChI=1S/C10H14ClN/c1-7-5-9(12(3)4)6-8(2)10(7)11/h5-6H,1-4H3. The second-order valence-electron chi connectivity index (χ2n) is 3.29. The highest BCUT2D eigenvalue weighted by atomic mass is 35.5. The predicted molar refractivity (Wildman–Crippen MR) is 55.3 cm³/mol. The largest absolute Gasteiger partial charge is 0.378 e. The minimum absolute atomic E-state index is 0.876. The average molecular weight is 184 g/mol. The van der Waals surface area contributed by atoms with Gasteiger partial charge in [0.25, 0.3) is 0 Å². The fourth-order valence-corrected chi connectivity index (χ4v) is 1.29. The Labute approximate surface area is 79.0 Å². The molecule has 0 saturated heterocycles. The maximum atomic E-state index is 6.04. The Morgan fingerprint density at radius 1 is 1.08 bits per heavy atom. The summed E-state index contributed by atoms with van der Waals surface area (Å²) in [4.78, 5) is 2.08. The molecule has 0 N–H and O–H groups in total. The summed E-state index contributed by atoms with van der Waals surface area (Å²) in [6.45, 7) is 4.06. The minimum atomic E-state index is 0.876. The van der Waals surface area contributed by atoms with E-state index >= 15 is 0 Å². The Morgan fingerprint density at radius 2 is 1.50 bits per heavy atom. The highest BCUT2D eigenvalue weighted by Gasteiger charge is 2.02. The maximum Gasteiger partial charge on any atom is 0.0465 e. The molecule has 0 fully saturated rings. The van der Waals surface area contributed by atoms with Gasteiger partial charge in [0.05, 0.1) is 0 Å². The number of aryl methyl sites for hydroxylation is 2. The van der Waals surface area contributed by atoms with E-state index in [1.807, 2.05) is 27.9 Å². The van der Waals surface area contributed by atoms with E-state index in [-0.39, 0.29) is 0 Å². The van der Waals surface area contributed by atoms with Crippen molar-refractivity contribution in [1.29, 1.82) is 0 Å². The number of hydrogen-bond donors (Lipinski definition) is 0. The van der Waals surface area contributed by atoms with Gasteiger partial charge < -0.3 is 4.90 Å². The lowest BCUT2D eigenvalue weighted by molar-refractivity contribution is 1.12. The molecular formula is C10H14ClN. The smallest absolute Gasteiger partial charge is 0.0465 e. The number of halogens is 1. The third kappa shape index (κ3) is 1.72. The molecule has 0 aliphatic rings. The molecule has 66 valence electrons. The van der Waals surface area contributed by atoms with Crippen LogP contribution >= 0.6 is 11.6 Å². The van der Waals surface area contributed by atoms with Crippen molar-refractivity contribution in [2.24, 2.45) is 0 Å². The van der Waals surface area contributed by atoms with E-state index in [4.69, 9.17) is 11.6 Å². The number of anilines is 1. The van der Waals surface area contributed by atoms with E-state index < -0.39 is 0 Å². The van der Waals surface area contributed by atoms with E-state index in [1.54, 1.807) is 0 Å². The first-order valence-electron chi connectivity index (χ1n) is 3.96. The number of rotatable bonds is 1. The fourth-order valence-electron chi connectivity index (χ4n) is 1.18. The van der Waals surface area contributed by atoms with Crippen molar-refractivity contribution in [2.75, 3.05) is 19.0 Å². The molecule has 1 aromatic carbocycles. The molecule has 0 saturated carbocycles. The zero-order valence-corrected chi connectivity index (χ0v) is 8.74. The summed E-state index contributed by atoms with van der Waals surface area (Å²) >= 11 is 6.04. The van der Waals surface area contributed by atoms with Gasteiger partial charge in [-0.3, -0.25) is 0 Å². The van der Waals surface area contributed by atoms with Gasteiger partial charge in [-0.15, -0.1) is 0 Å². The van der Waals surface area contributed by atoms with E-state index in [0.29, 0.717) is 0 Å². The van der Waals surface area contributed by atoms with E-state index in [1.165, 1.54) is 5.69 Å². The van der Waals surface area contributed by atoms with Crippen LogP contribution in [0.1, 0.15) is 11.1 Å². The van der Waals surface area contributed by atoms with Crippen LogP contribution in [0.15, 0.2) is 12.1 Å². The monoisotopic (exact) mass is 183 g/mol. The van der Waals surface area contributed by atoms with E-state index in [2.05, 4.69) is 17.0 Å². The Bertz CT molecular complexity index is 269. The van der Waals surface area contributed by atoms with Crippen molar-refractivity contribution in [3.8, 4) is 0 Å². The SMILES string of the molecule is Cc1cc(N(C)C)cc(C)c1Cl. The first kappa shape index (κ1) is 9.40.